The molecule has 1 aliphatic heterocycles. The van der Waals surface area contributed by atoms with Crippen molar-refractivity contribution in [1.82, 2.24) is 0 Å². The highest BCUT2D eigenvalue weighted by Crippen LogP contribution is 2.45. The average Bonchev–Trinajstić information content (AvgIpc) is 2.55. The molecule has 0 radical (unpaired) electrons. The van der Waals surface area contributed by atoms with Gasteiger partial charge in [0.2, 0.25) is 0 Å². The molecule has 2 aromatic carbocycles. The van der Waals surface area contributed by atoms with E-state index in [4.69, 9.17) is 22.7 Å². The number of halogens is 2. The quantitative estimate of drug-likeness (QED) is 0.549. The van der Waals surface area contributed by atoms with Crippen LogP contribution in [0.1, 0.15) is 16.4 Å². The van der Waals surface area contributed by atoms with E-state index in [0.717, 1.165) is 11.4 Å². The molecule has 1 aliphatic rings. The summed E-state index contributed by atoms with van der Waals surface area (Å²) in [6.07, 6.45) is 0.837. The van der Waals surface area contributed by atoms with Gasteiger partial charge >= 0.3 is 0 Å². The third-order valence-corrected chi connectivity index (χ3v) is 5.59. The highest BCUT2D eigenvalue weighted by Gasteiger charge is 2.23. The average molecular weight is 357 g/mol. The summed E-state index contributed by atoms with van der Waals surface area (Å²) in [6.45, 7) is 0. The predicted octanol–water partition coefficient (Wildman–Crippen LogP) is 5.14. The topological polar surface area (TPSA) is 49.9 Å². The van der Waals surface area contributed by atoms with E-state index in [1.54, 1.807) is 11.8 Å². The number of hydrogen-bond donors (Lipinski definition) is 2. The van der Waals surface area contributed by atoms with E-state index in [0.29, 0.717) is 0 Å². The predicted molar refractivity (Wildman–Crippen MR) is 95.2 cm³/mol. The van der Waals surface area contributed by atoms with E-state index < -0.39 is 0 Å². The first-order valence-electron chi connectivity index (χ1n) is 6.19. The fourth-order valence-electron chi connectivity index (χ4n) is 2.33. The number of amidine groups is 1. The smallest absolute Gasteiger partial charge is 0.151 e. The summed E-state index contributed by atoms with van der Waals surface area (Å²) in [6, 6.07) is 14.3. The van der Waals surface area contributed by atoms with Crippen LogP contribution >= 0.6 is 47.5 Å². The molecule has 110 valence electrons. The molecule has 21 heavy (non-hydrogen) atoms. The van der Waals surface area contributed by atoms with Gasteiger partial charge in [0.05, 0.1) is 0 Å². The molecule has 1 unspecified atom stereocenters. The Labute approximate surface area is 143 Å². The first-order valence-corrected chi connectivity index (χ1v) is 8.27. The zero-order chi connectivity index (χ0) is 14.1. The molecule has 2 nitrogen and oxygen atoms in total. The summed E-state index contributed by atoms with van der Waals surface area (Å²) < 4.78 is 0. The van der Waals surface area contributed by atoms with Crippen molar-refractivity contribution in [3.8, 4) is 0 Å². The molecule has 1 heterocycles. The van der Waals surface area contributed by atoms with E-state index in [1.165, 1.54) is 32.7 Å². The van der Waals surface area contributed by atoms with E-state index in [2.05, 4.69) is 18.2 Å². The van der Waals surface area contributed by atoms with Crippen LogP contribution in [-0.4, -0.2) is 5.17 Å². The number of hydrogen-bond acceptors (Lipinski definition) is 3. The van der Waals surface area contributed by atoms with Crippen molar-refractivity contribution >= 4 is 52.7 Å². The molecule has 2 aromatic rings. The SMILES string of the molecule is Cl.N=C(N)SC1Cc2cc(Cl)ccc2Sc2ccccc21. The number of thioether (sulfide) groups is 1. The molecule has 1 atom stereocenters. The third-order valence-electron chi connectivity index (χ3n) is 3.18. The molecule has 0 aromatic heterocycles. The molecule has 3 N–H and O–H groups in total. The van der Waals surface area contributed by atoms with Crippen LogP contribution < -0.4 is 5.73 Å². The lowest BCUT2D eigenvalue weighted by Crippen LogP contribution is -2.09. The summed E-state index contributed by atoms with van der Waals surface area (Å²) in [5, 5.41) is 8.65. The maximum Gasteiger partial charge on any atom is 0.151 e. The van der Waals surface area contributed by atoms with Crippen LogP contribution in [-0.2, 0) is 6.42 Å². The Morgan fingerprint density at radius 2 is 2.00 bits per heavy atom. The molecular weight excluding hydrogens is 343 g/mol. The van der Waals surface area contributed by atoms with Gasteiger partial charge in [-0.25, -0.2) is 0 Å². The normalized spacial score (nSPS) is 16.1. The van der Waals surface area contributed by atoms with Crippen molar-refractivity contribution in [1.29, 1.82) is 5.41 Å². The van der Waals surface area contributed by atoms with Crippen LogP contribution in [0.2, 0.25) is 5.02 Å². The van der Waals surface area contributed by atoms with Gasteiger partial charge in [0.1, 0.15) is 0 Å². The Morgan fingerprint density at radius 3 is 2.76 bits per heavy atom. The fraction of sp³-hybridized carbons (Fsp3) is 0.133. The first-order chi connectivity index (χ1) is 9.63. The minimum Gasteiger partial charge on any atom is -0.379 e. The van der Waals surface area contributed by atoms with E-state index in [-0.39, 0.29) is 22.8 Å². The van der Waals surface area contributed by atoms with Crippen molar-refractivity contribution in [2.45, 2.75) is 21.5 Å². The highest BCUT2D eigenvalue weighted by atomic mass is 35.5. The van der Waals surface area contributed by atoms with Crippen molar-refractivity contribution in [3.05, 3.63) is 58.6 Å². The third kappa shape index (κ3) is 3.69. The second-order valence-corrected chi connectivity index (χ2v) is 7.33. The van der Waals surface area contributed by atoms with Gasteiger partial charge in [-0.3, -0.25) is 5.41 Å². The van der Waals surface area contributed by atoms with Crippen molar-refractivity contribution in [2.75, 3.05) is 0 Å². The van der Waals surface area contributed by atoms with Gasteiger partial charge in [-0.2, -0.15) is 0 Å². The van der Waals surface area contributed by atoms with Gasteiger partial charge in [0.15, 0.2) is 5.17 Å². The summed E-state index contributed by atoms with van der Waals surface area (Å²) in [4.78, 5) is 2.46. The summed E-state index contributed by atoms with van der Waals surface area (Å²) in [5.74, 6) is 0. The first kappa shape index (κ1) is 16.6. The molecule has 3 rings (SSSR count). The second-order valence-electron chi connectivity index (χ2n) is 4.57. The summed E-state index contributed by atoms with van der Waals surface area (Å²) >= 11 is 9.28. The van der Waals surface area contributed by atoms with Crippen molar-refractivity contribution < 1.29 is 0 Å². The lowest BCUT2D eigenvalue weighted by Gasteiger charge is -2.16. The Hall–Kier alpha value is -0.810. The Bertz CT molecular complexity index is 676. The number of nitrogens with two attached hydrogens (primary N) is 1. The molecule has 0 spiro atoms. The molecule has 0 bridgehead atoms. The molecule has 0 saturated carbocycles. The number of rotatable bonds is 1. The monoisotopic (exact) mass is 356 g/mol. The molecule has 0 fully saturated rings. The van der Waals surface area contributed by atoms with Crippen molar-refractivity contribution in [3.63, 3.8) is 0 Å². The molecule has 0 amide bonds. The summed E-state index contributed by atoms with van der Waals surface area (Å²) in [7, 11) is 0. The van der Waals surface area contributed by atoms with E-state index in [9.17, 15) is 0 Å². The Kier molecular flexibility index (Phi) is 5.49. The molecule has 6 heteroatoms. The summed E-state index contributed by atoms with van der Waals surface area (Å²) in [5.41, 5.74) is 8.06. The van der Waals surface area contributed by atoms with Gasteiger partial charge in [0, 0.05) is 20.1 Å². The fourth-order valence-corrected chi connectivity index (χ4v) is 4.63. The van der Waals surface area contributed by atoms with Crippen LogP contribution in [0.3, 0.4) is 0 Å². The molecule has 0 saturated heterocycles. The zero-order valence-electron chi connectivity index (χ0n) is 11.0. The van der Waals surface area contributed by atoms with E-state index in [1.807, 2.05) is 24.3 Å². The van der Waals surface area contributed by atoms with E-state index >= 15 is 0 Å². The second kappa shape index (κ2) is 6.97. The van der Waals surface area contributed by atoms with Crippen LogP contribution in [0, 0.1) is 5.41 Å². The highest BCUT2D eigenvalue weighted by molar-refractivity contribution is 8.13. The van der Waals surface area contributed by atoms with Gasteiger partial charge < -0.3 is 5.73 Å². The Balaban J connectivity index is 0.00000161. The molecular formula is C15H14Cl2N2S2. The van der Waals surface area contributed by atoms with Crippen LogP contribution in [0.4, 0.5) is 0 Å². The zero-order valence-corrected chi connectivity index (χ0v) is 14.2. The maximum atomic E-state index is 7.58. The van der Waals surface area contributed by atoms with Crippen molar-refractivity contribution in [2.24, 2.45) is 5.73 Å². The van der Waals surface area contributed by atoms with Gasteiger partial charge in [0.25, 0.3) is 0 Å². The lowest BCUT2D eigenvalue weighted by atomic mass is 10.0. The van der Waals surface area contributed by atoms with Gasteiger partial charge in [-0.15, -0.1) is 12.4 Å². The Morgan fingerprint density at radius 1 is 1.24 bits per heavy atom. The van der Waals surface area contributed by atoms with Gasteiger partial charge in [-0.05, 0) is 41.8 Å². The standard InChI is InChI=1S/C15H13ClN2S2.ClH/c16-10-5-6-12-9(7-10)8-14(20-15(17)18)11-3-1-2-4-13(11)19-12;/h1-7,14H,8H2,(H3,17,18);1H. The number of fused-ring (bicyclic) bond motifs is 2. The molecule has 0 aliphatic carbocycles. The minimum absolute atomic E-state index is 0. The largest absolute Gasteiger partial charge is 0.379 e. The van der Waals surface area contributed by atoms with Crippen LogP contribution in [0.5, 0.6) is 0 Å². The lowest BCUT2D eigenvalue weighted by molar-refractivity contribution is 0.906. The number of benzene rings is 2. The van der Waals surface area contributed by atoms with Gasteiger partial charge in [-0.1, -0.05) is 53.3 Å². The minimum atomic E-state index is 0. The van der Waals surface area contributed by atoms with Crippen LogP contribution in [0.25, 0.3) is 0 Å². The van der Waals surface area contributed by atoms with Crippen LogP contribution in [0.15, 0.2) is 52.3 Å². The maximum absolute atomic E-state index is 7.58. The number of nitrogens with one attached hydrogen (secondary N) is 1.